The second kappa shape index (κ2) is 14.7. The molecule has 5 nitrogen and oxygen atoms in total. The van der Waals surface area contributed by atoms with E-state index in [0.29, 0.717) is 6.54 Å². The van der Waals surface area contributed by atoms with E-state index in [0.717, 1.165) is 45.1 Å². The van der Waals surface area contributed by atoms with Crippen molar-refractivity contribution < 1.29 is 0 Å². The number of terminal acetylenes is 1. The van der Waals surface area contributed by atoms with Crippen LogP contribution >= 0.6 is 24.0 Å². The molecule has 0 aromatic heterocycles. The first-order chi connectivity index (χ1) is 12.8. The van der Waals surface area contributed by atoms with Crippen LogP contribution in [-0.4, -0.2) is 68.1 Å². The van der Waals surface area contributed by atoms with Crippen molar-refractivity contribution in [3.05, 3.63) is 35.9 Å². The molecule has 1 aliphatic rings. The van der Waals surface area contributed by atoms with Crippen LogP contribution in [-0.2, 0) is 6.54 Å². The van der Waals surface area contributed by atoms with E-state index in [9.17, 15) is 0 Å². The molecule has 1 aromatic rings. The van der Waals surface area contributed by atoms with Gasteiger partial charge in [-0.1, -0.05) is 36.3 Å². The molecular weight excluding hydrogens is 449 g/mol. The lowest BCUT2D eigenvalue weighted by Gasteiger charge is -2.34. The van der Waals surface area contributed by atoms with Crippen molar-refractivity contribution in [3.63, 3.8) is 0 Å². The van der Waals surface area contributed by atoms with E-state index in [2.05, 4.69) is 68.6 Å². The van der Waals surface area contributed by atoms with Crippen LogP contribution in [0.3, 0.4) is 0 Å². The summed E-state index contributed by atoms with van der Waals surface area (Å²) in [5.74, 6) is 3.40. The van der Waals surface area contributed by atoms with Crippen molar-refractivity contribution in [2.45, 2.75) is 26.3 Å². The smallest absolute Gasteiger partial charge is 0.192 e. The summed E-state index contributed by atoms with van der Waals surface area (Å²) in [6.45, 7) is 11.2. The molecule has 0 saturated carbocycles. The predicted octanol–water partition coefficient (Wildman–Crippen LogP) is 2.39. The van der Waals surface area contributed by atoms with Crippen LogP contribution in [0.4, 0.5) is 0 Å². The lowest BCUT2D eigenvalue weighted by molar-refractivity contribution is 0.126. The fourth-order valence-electron chi connectivity index (χ4n) is 3.13. The Morgan fingerprint density at radius 2 is 1.78 bits per heavy atom. The normalized spacial score (nSPS) is 15.6. The minimum absolute atomic E-state index is 0. The first-order valence-electron chi connectivity index (χ1n) is 9.76. The number of unbranched alkanes of at least 4 members (excludes halogenated alkanes) is 1. The highest BCUT2D eigenvalue weighted by Gasteiger charge is 2.16. The van der Waals surface area contributed by atoms with Crippen LogP contribution < -0.4 is 10.6 Å². The SMILES string of the molecule is C#CCNC(=NCCCCN1CCN(Cc2ccccc2)CC1)NCC.I. The summed E-state index contributed by atoms with van der Waals surface area (Å²) in [5.41, 5.74) is 1.41. The zero-order valence-corrected chi connectivity index (χ0v) is 18.8. The van der Waals surface area contributed by atoms with Gasteiger partial charge < -0.3 is 15.5 Å². The molecule has 1 aromatic carbocycles. The van der Waals surface area contributed by atoms with Gasteiger partial charge in [-0.3, -0.25) is 9.89 Å². The molecule has 27 heavy (non-hydrogen) atoms. The van der Waals surface area contributed by atoms with Gasteiger partial charge in [0, 0.05) is 45.8 Å². The average molecular weight is 483 g/mol. The molecule has 0 unspecified atom stereocenters. The Bertz CT molecular complexity index is 562. The number of guanidine groups is 1. The Morgan fingerprint density at radius 3 is 2.44 bits per heavy atom. The lowest BCUT2D eigenvalue weighted by Crippen LogP contribution is -2.46. The monoisotopic (exact) mass is 483 g/mol. The molecule has 0 aliphatic carbocycles. The number of rotatable bonds is 9. The highest BCUT2D eigenvalue weighted by atomic mass is 127. The number of hydrogen-bond donors (Lipinski definition) is 2. The third-order valence-corrected chi connectivity index (χ3v) is 4.57. The maximum atomic E-state index is 5.28. The standard InChI is InChI=1S/C21H33N5.HI/c1-3-12-23-21(22-4-2)24-13-8-9-14-25-15-17-26(18-16-25)19-20-10-6-5-7-11-20;/h1,5-7,10-11H,4,8-9,12-19H2,2H3,(H2,22,23,24);1H. The molecule has 2 rings (SSSR count). The van der Waals surface area contributed by atoms with Gasteiger partial charge >= 0.3 is 0 Å². The molecule has 0 bridgehead atoms. The lowest BCUT2D eigenvalue weighted by atomic mass is 10.2. The number of nitrogens with one attached hydrogen (secondary N) is 2. The Labute approximate surface area is 182 Å². The zero-order chi connectivity index (χ0) is 18.5. The molecular formula is C21H34IN5. The third kappa shape index (κ3) is 9.99. The Kier molecular flexibility index (Phi) is 12.9. The zero-order valence-electron chi connectivity index (χ0n) is 16.5. The molecule has 0 atom stereocenters. The average Bonchev–Trinajstić information content (AvgIpc) is 2.68. The van der Waals surface area contributed by atoms with Crippen molar-refractivity contribution >= 4 is 29.9 Å². The highest BCUT2D eigenvalue weighted by Crippen LogP contribution is 2.09. The van der Waals surface area contributed by atoms with Gasteiger partial charge in [0.15, 0.2) is 5.96 Å². The molecule has 2 N–H and O–H groups in total. The molecule has 1 fully saturated rings. The Morgan fingerprint density at radius 1 is 1.07 bits per heavy atom. The van der Waals surface area contributed by atoms with Crippen LogP contribution in [0.1, 0.15) is 25.3 Å². The van der Waals surface area contributed by atoms with Gasteiger partial charge in [0.05, 0.1) is 6.54 Å². The van der Waals surface area contributed by atoms with Crippen molar-refractivity contribution in [3.8, 4) is 12.3 Å². The van der Waals surface area contributed by atoms with Crippen molar-refractivity contribution in [2.75, 3.05) is 52.4 Å². The van der Waals surface area contributed by atoms with Crippen LogP contribution in [0, 0.1) is 12.3 Å². The first kappa shape index (κ1) is 23.7. The molecule has 1 heterocycles. The molecule has 1 aliphatic heterocycles. The molecule has 0 radical (unpaired) electrons. The highest BCUT2D eigenvalue weighted by molar-refractivity contribution is 14.0. The maximum absolute atomic E-state index is 5.28. The fourth-order valence-corrected chi connectivity index (χ4v) is 3.13. The summed E-state index contributed by atoms with van der Waals surface area (Å²) in [6.07, 6.45) is 7.58. The number of piperazine rings is 1. The number of benzene rings is 1. The van der Waals surface area contributed by atoms with Crippen LogP contribution in [0.25, 0.3) is 0 Å². The molecule has 0 amide bonds. The van der Waals surface area contributed by atoms with E-state index in [-0.39, 0.29) is 24.0 Å². The first-order valence-corrected chi connectivity index (χ1v) is 9.76. The second-order valence-corrected chi connectivity index (χ2v) is 6.63. The van der Waals surface area contributed by atoms with E-state index in [1.165, 1.54) is 31.6 Å². The summed E-state index contributed by atoms with van der Waals surface area (Å²) in [7, 11) is 0. The summed E-state index contributed by atoms with van der Waals surface area (Å²) < 4.78 is 0. The fraction of sp³-hybridized carbons (Fsp3) is 0.571. The molecule has 6 heteroatoms. The Balaban J connectivity index is 0.00000364. The summed E-state index contributed by atoms with van der Waals surface area (Å²) >= 11 is 0. The number of hydrogen-bond acceptors (Lipinski definition) is 3. The van der Waals surface area contributed by atoms with E-state index in [4.69, 9.17) is 6.42 Å². The quantitative estimate of drug-likeness (QED) is 0.186. The van der Waals surface area contributed by atoms with E-state index < -0.39 is 0 Å². The number of aliphatic imine (C=N–C) groups is 1. The summed E-state index contributed by atoms with van der Waals surface area (Å²) in [4.78, 5) is 9.69. The number of nitrogens with zero attached hydrogens (tertiary/aromatic N) is 3. The summed E-state index contributed by atoms with van der Waals surface area (Å²) in [6, 6.07) is 10.8. The molecule has 0 spiro atoms. The minimum Gasteiger partial charge on any atom is -0.357 e. The van der Waals surface area contributed by atoms with Crippen LogP contribution in [0.5, 0.6) is 0 Å². The molecule has 150 valence electrons. The van der Waals surface area contributed by atoms with Gasteiger partial charge in [0.2, 0.25) is 0 Å². The van der Waals surface area contributed by atoms with Crippen molar-refractivity contribution in [2.24, 2.45) is 4.99 Å². The van der Waals surface area contributed by atoms with E-state index in [1.54, 1.807) is 0 Å². The van der Waals surface area contributed by atoms with Gasteiger partial charge in [0.25, 0.3) is 0 Å². The van der Waals surface area contributed by atoms with Crippen LogP contribution in [0.2, 0.25) is 0 Å². The van der Waals surface area contributed by atoms with E-state index in [1.807, 2.05) is 0 Å². The number of halogens is 1. The minimum atomic E-state index is 0. The van der Waals surface area contributed by atoms with Gasteiger partial charge in [-0.05, 0) is 31.9 Å². The van der Waals surface area contributed by atoms with Crippen molar-refractivity contribution in [1.29, 1.82) is 0 Å². The third-order valence-electron chi connectivity index (χ3n) is 4.57. The van der Waals surface area contributed by atoms with Crippen LogP contribution in [0.15, 0.2) is 35.3 Å². The topological polar surface area (TPSA) is 42.9 Å². The van der Waals surface area contributed by atoms with Gasteiger partial charge in [-0.15, -0.1) is 30.4 Å². The van der Waals surface area contributed by atoms with Gasteiger partial charge in [-0.2, -0.15) is 0 Å². The van der Waals surface area contributed by atoms with Gasteiger partial charge in [-0.25, -0.2) is 0 Å². The Hall–Kier alpha value is -1.30. The van der Waals surface area contributed by atoms with Crippen molar-refractivity contribution in [1.82, 2.24) is 20.4 Å². The largest absolute Gasteiger partial charge is 0.357 e. The summed E-state index contributed by atoms with van der Waals surface area (Å²) in [5, 5.41) is 6.33. The van der Waals surface area contributed by atoms with E-state index >= 15 is 0 Å². The van der Waals surface area contributed by atoms with Gasteiger partial charge in [0.1, 0.15) is 0 Å². The maximum Gasteiger partial charge on any atom is 0.192 e. The second-order valence-electron chi connectivity index (χ2n) is 6.63. The predicted molar refractivity (Wildman–Crippen MR) is 126 cm³/mol. The molecule has 1 saturated heterocycles.